The van der Waals surface area contributed by atoms with Crippen LogP contribution >= 0.6 is 0 Å². The summed E-state index contributed by atoms with van der Waals surface area (Å²) < 4.78 is 1.93. The number of rotatable bonds is 7. The number of aromatic nitrogens is 1. The lowest BCUT2D eigenvalue weighted by molar-refractivity contribution is 0.0698. The van der Waals surface area contributed by atoms with Crippen LogP contribution in [-0.2, 0) is 13.0 Å². The Kier molecular flexibility index (Phi) is 5.21. The van der Waals surface area contributed by atoms with E-state index in [1.807, 2.05) is 10.8 Å². The normalized spacial score (nSPS) is 11.5. The number of hydrogen-bond donors (Lipinski definition) is 3. The van der Waals surface area contributed by atoms with Gasteiger partial charge >= 0.3 is 5.97 Å². The van der Waals surface area contributed by atoms with Crippen molar-refractivity contribution in [3.8, 4) is 0 Å². The Morgan fingerprint density at radius 3 is 2.64 bits per heavy atom. The Bertz CT molecular complexity index is 674. The molecule has 0 radical (unpaired) electrons. The fourth-order valence-corrected chi connectivity index (χ4v) is 2.80. The van der Waals surface area contributed by atoms with E-state index in [1.54, 1.807) is 6.07 Å². The molecule has 120 valence electrons. The van der Waals surface area contributed by atoms with Crippen LogP contribution in [0.5, 0.6) is 0 Å². The summed E-state index contributed by atoms with van der Waals surface area (Å²) in [5.74, 6) is -0.663. The topological polar surface area (TPSA) is 88.5 Å². The SMILES string of the molecule is CC(C)c1cc(C(=O)O)c2c(c1)c(CCN)cn2CCCO. The van der Waals surface area contributed by atoms with Crippen LogP contribution in [0.2, 0.25) is 0 Å². The Balaban J connectivity index is 2.73. The molecule has 0 spiro atoms. The summed E-state index contributed by atoms with van der Waals surface area (Å²) >= 11 is 0. The minimum atomic E-state index is -0.921. The van der Waals surface area contributed by atoms with Crippen molar-refractivity contribution in [1.29, 1.82) is 0 Å². The van der Waals surface area contributed by atoms with E-state index in [0.717, 1.165) is 22.0 Å². The molecule has 0 aliphatic rings. The molecule has 0 aliphatic carbocycles. The van der Waals surface area contributed by atoms with Crippen molar-refractivity contribution in [3.05, 3.63) is 35.0 Å². The number of carboxylic acid groups (broad SMARTS) is 1. The number of aryl methyl sites for hydroxylation is 1. The third-order valence-corrected chi connectivity index (χ3v) is 3.94. The third kappa shape index (κ3) is 3.15. The molecule has 1 heterocycles. The quantitative estimate of drug-likeness (QED) is 0.732. The molecule has 5 nitrogen and oxygen atoms in total. The van der Waals surface area contributed by atoms with Gasteiger partial charge in [0, 0.05) is 24.7 Å². The molecule has 5 heteroatoms. The molecular formula is C17H24N2O3. The van der Waals surface area contributed by atoms with E-state index in [9.17, 15) is 9.90 Å². The minimum Gasteiger partial charge on any atom is -0.478 e. The molecule has 0 aliphatic heterocycles. The molecule has 0 amide bonds. The van der Waals surface area contributed by atoms with E-state index in [-0.39, 0.29) is 12.5 Å². The summed E-state index contributed by atoms with van der Waals surface area (Å²) in [5, 5.41) is 19.6. The Hall–Kier alpha value is -1.85. The van der Waals surface area contributed by atoms with Crippen LogP contribution in [0, 0.1) is 0 Å². The molecular weight excluding hydrogens is 280 g/mol. The predicted octanol–water partition coefficient (Wildman–Crippen LogP) is 2.35. The second-order valence-electron chi connectivity index (χ2n) is 5.89. The highest BCUT2D eigenvalue weighted by molar-refractivity contribution is 6.04. The smallest absolute Gasteiger partial charge is 0.337 e. The van der Waals surface area contributed by atoms with Crippen molar-refractivity contribution in [2.45, 2.75) is 39.2 Å². The second kappa shape index (κ2) is 6.94. The lowest BCUT2D eigenvalue weighted by Crippen LogP contribution is -2.05. The van der Waals surface area contributed by atoms with Gasteiger partial charge in [0.2, 0.25) is 0 Å². The van der Waals surface area contributed by atoms with Gasteiger partial charge in [0.05, 0.1) is 11.1 Å². The highest BCUT2D eigenvalue weighted by Crippen LogP contribution is 2.30. The number of fused-ring (bicyclic) bond motifs is 1. The molecule has 0 atom stereocenters. The molecule has 0 fully saturated rings. The standard InChI is InChI=1S/C17H24N2O3/c1-11(2)13-8-14-12(4-5-18)10-19(6-3-7-20)16(14)15(9-13)17(21)22/h8-11,20H,3-7,18H2,1-2H3,(H,21,22). The molecule has 0 saturated carbocycles. The van der Waals surface area contributed by atoms with E-state index in [1.165, 1.54) is 0 Å². The average molecular weight is 304 g/mol. The first-order valence-corrected chi connectivity index (χ1v) is 7.69. The maximum atomic E-state index is 11.7. The Morgan fingerprint density at radius 1 is 1.36 bits per heavy atom. The first-order valence-electron chi connectivity index (χ1n) is 7.69. The fraction of sp³-hybridized carbons (Fsp3) is 0.471. The van der Waals surface area contributed by atoms with Crippen molar-refractivity contribution in [2.75, 3.05) is 13.2 Å². The van der Waals surface area contributed by atoms with Crippen LogP contribution in [-0.4, -0.2) is 33.9 Å². The van der Waals surface area contributed by atoms with E-state index in [4.69, 9.17) is 10.8 Å². The van der Waals surface area contributed by atoms with Gasteiger partial charge < -0.3 is 20.5 Å². The number of nitrogens with zero attached hydrogens (tertiary/aromatic N) is 1. The van der Waals surface area contributed by atoms with Crippen LogP contribution in [0.3, 0.4) is 0 Å². The number of aliphatic hydroxyl groups excluding tert-OH is 1. The highest BCUT2D eigenvalue weighted by Gasteiger charge is 2.18. The van der Waals surface area contributed by atoms with Crippen LogP contribution in [0.25, 0.3) is 10.9 Å². The van der Waals surface area contributed by atoms with Crippen molar-refractivity contribution in [3.63, 3.8) is 0 Å². The molecule has 0 saturated heterocycles. The summed E-state index contributed by atoms with van der Waals surface area (Å²) in [6.45, 7) is 5.31. The van der Waals surface area contributed by atoms with Crippen molar-refractivity contribution < 1.29 is 15.0 Å². The average Bonchev–Trinajstić information content (AvgIpc) is 2.82. The maximum absolute atomic E-state index is 11.7. The van der Waals surface area contributed by atoms with Crippen molar-refractivity contribution in [1.82, 2.24) is 4.57 Å². The lowest BCUT2D eigenvalue weighted by atomic mass is 9.96. The van der Waals surface area contributed by atoms with Gasteiger partial charge in [-0.3, -0.25) is 0 Å². The van der Waals surface area contributed by atoms with Gasteiger partial charge in [-0.15, -0.1) is 0 Å². The highest BCUT2D eigenvalue weighted by atomic mass is 16.4. The number of aliphatic hydroxyl groups is 1. The first-order chi connectivity index (χ1) is 10.5. The number of carbonyl (C=O) groups is 1. The van der Waals surface area contributed by atoms with Gasteiger partial charge in [-0.05, 0) is 48.6 Å². The van der Waals surface area contributed by atoms with Crippen LogP contribution in [0.15, 0.2) is 18.3 Å². The zero-order chi connectivity index (χ0) is 16.3. The Morgan fingerprint density at radius 2 is 2.09 bits per heavy atom. The molecule has 0 unspecified atom stereocenters. The zero-order valence-electron chi connectivity index (χ0n) is 13.2. The zero-order valence-corrected chi connectivity index (χ0v) is 13.2. The first kappa shape index (κ1) is 16.5. The maximum Gasteiger partial charge on any atom is 0.337 e. The van der Waals surface area contributed by atoms with E-state index >= 15 is 0 Å². The summed E-state index contributed by atoms with van der Waals surface area (Å²) in [6, 6.07) is 3.84. The molecule has 22 heavy (non-hydrogen) atoms. The van der Waals surface area contributed by atoms with E-state index in [0.29, 0.717) is 31.5 Å². The summed E-state index contributed by atoms with van der Waals surface area (Å²) in [5.41, 5.74) is 8.83. The van der Waals surface area contributed by atoms with Crippen LogP contribution in [0.1, 0.15) is 47.7 Å². The summed E-state index contributed by atoms with van der Waals surface area (Å²) in [7, 11) is 0. The van der Waals surface area contributed by atoms with Crippen molar-refractivity contribution >= 4 is 16.9 Å². The van der Waals surface area contributed by atoms with Gasteiger partial charge in [-0.25, -0.2) is 4.79 Å². The van der Waals surface area contributed by atoms with Gasteiger partial charge in [-0.2, -0.15) is 0 Å². The van der Waals surface area contributed by atoms with Crippen LogP contribution < -0.4 is 5.73 Å². The monoisotopic (exact) mass is 304 g/mol. The predicted molar refractivity (Wildman–Crippen MR) is 87.4 cm³/mol. The van der Waals surface area contributed by atoms with Gasteiger partial charge in [-0.1, -0.05) is 13.8 Å². The molecule has 2 rings (SSSR count). The van der Waals surface area contributed by atoms with Crippen LogP contribution in [0.4, 0.5) is 0 Å². The minimum absolute atomic E-state index is 0.0817. The number of benzene rings is 1. The van der Waals surface area contributed by atoms with Gasteiger partial charge in [0.15, 0.2) is 0 Å². The molecule has 0 bridgehead atoms. The van der Waals surface area contributed by atoms with E-state index < -0.39 is 5.97 Å². The molecule has 1 aromatic heterocycles. The number of hydrogen-bond acceptors (Lipinski definition) is 3. The number of aromatic carboxylic acids is 1. The lowest BCUT2D eigenvalue weighted by Gasteiger charge is -2.11. The largest absolute Gasteiger partial charge is 0.478 e. The molecule has 2 aromatic rings. The molecule has 1 aromatic carbocycles. The van der Waals surface area contributed by atoms with E-state index in [2.05, 4.69) is 19.9 Å². The number of nitrogens with two attached hydrogens (primary N) is 1. The third-order valence-electron chi connectivity index (χ3n) is 3.94. The summed E-state index contributed by atoms with van der Waals surface area (Å²) in [6.07, 6.45) is 3.28. The number of carboxylic acids is 1. The molecule has 4 N–H and O–H groups in total. The van der Waals surface area contributed by atoms with Gasteiger partial charge in [0.25, 0.3) is 0 Å². The van der Waals surface area contributed by atoms with Crippen molar-refractivity contribution in [2.24, 2.45) is 5.73 Å². The Labute approximate surface area is 130 Å². The summed E-state index contributed by atoms with van der Waals surface area (Å²) in [4.78, 5) is 11.7. The fourth-order valence-electron chi connectivity index (χ4n) is 2.80. The second-order valence-corrected chi connectivity index (χ2v) is 5.89. The van der Waals surface area contributed by atoms with Gasteiger partial charge in [0.1, 0.15) is 0 Å².